The number of aryl methyl sites for hydroxylation is 1. The van der Waals surface area contributed by atoms with Gasteiger partial charge in [-0.05, 0) is 44.5 Å². The van der Waals surface area contributed by atoms with E-state index in [9.17, 15) is 9.59 Å². The van der Waals surface area contributed by atoms with E-state index in [1.165, 1.54) is 34.4 Å². The third kappa shape index (κ3) is 5.36. The predicted molar refractivity (Wildman–Crippen MR) is 127 cm³/mol. The summed E-state index contributed by atoms with van der Waals surface area (Å²) < 4.78 is 5.86. The van der Waals surface area contributed by atoms with Gasteiger partial charge >= 0.3 is 5.97 Å². The molecular weight excluding hydrogens is 483 g/mol. The molecule has 3 aromatic rings. The van der Waals surface area contributed by atoms with Crippen LogP contribution in [0.1, 0.15) is 27.7 Å². The van der Waals surface area contributed by atoms with Crippen LogP contribution in [0.25, 0.3) is 11.3 Å². The summed E-state index contributed by atoms with van der Waals surface area (Å²) in [6, 6.07) is 5.25. The van der Waals surface area contributed by atoms with Crippen LogP contribution in [0, 0.1) is 13.8 Å². The summed E-state index contributed by atoms with van der Waals surface area (Å²) in [7, 11) is 0. The first-order valence-corrected chi connectivity index (χ1v) is 12.3. The molecule has 0 fully saturated rings. The number of anilines is 1. The molecule has 0 aliphatic rings. The van der Waals surface area contributed by atoms with Crippen LogP contribution >= 0.6 is 57.6 Å². The van der Waals surface area contributed by atoms with Gasteiger partial charge in [-0.1, -0.05) is 35.0 Å². The van der Waals surface area contributed by atoms with E-state index in [2.05, 4.69) is 10.3 Å². The highest BCUT2D eigenvalue weighted by atomic mass is 35.5. The average molecular weight is 501 g/mol. The van der Waals surface area contributed by atoms with Crippen molar-refractivity contribution in [2.45, 2.75) is 25.1 Å². The van der Waals surface area contributed by atoms with Gasteiger partial charge in [0.2, 0.25) is 5.91 Å². The van der Waals surface area contributed by atoms with Gasteiger partial charge in [-0.3, -0.25) is 4.79 Å². The number of aromatic nitrogens is 1. The fraction of sp³-hybridized carbons (Fsp3) is 0.250. The molecule has 3 rings (SSSR count). The minimum absolute atomic E-state index is 0.166. The van der Waals surface area contributed by atoms with E-state index in [4.69, 9.17) is 27.9 Å². The van der Waals surface area contributed by atoms with E-state index < -0.39 is 5.97 Å². The molecule has 0 bridgehead atoms. The van der Waals surface area contributed by atoms with Gasteiger partial charge < -0.3 is 10.1 Å². The lowest BCUT2D eigenvalue weighted by atomic mass is 10.1. The average Bonchev–Trinajstić information content (AvgIpc) is 3.25. The van der Waals surface area contributed by atoms with Gasteiger partial charge in [0.25, 0.3) is 0 Å². The standard InChI is InChI=1S/C20H18Cl2N2O3S3/c1-4-27-19(26)17-10(2)11(3)30-18(17)24-16(25)9-29-20-23-15(8-28-20)13-6-5-12(21)7-14(13)22/h5-8H,4,9H2,1-3H3,(H,24,25). The molecule has 1 amide bonds. The van der Waals surface area contributed by atoms with Crippen molar-refractivity contribution < 1.29 is 14.3 Å². The zero-order valence-corrected chi connectivity index (χ0v) is 20.3. The highest BCUT2D eigenvalue weighted by Gasteiger charge is 2.22. The van der Waals surface area contributed by atoms with Crippen LogP contribution in [0.5, 0.6) is 0 Å². The van der Waals surface area contributed by atoms with Gasteiger partial charge in [0.05, 0.1) is 28.6 Å². The minimum Gasteiger partial charge on any atom is -0.462 e. The van der Waals surface area contributed by atoms with Crippen molar-refractivity contribution in [2.24, 2.45) is 0 Å². The number of amides is 1. The first kappa shape index (κ1) is 23.1. The minimum atomic E-state index is -0.424. The van der Waals surface area contributed by atoms with Crippen LogP contribution in [0.4, 0.5) is 5.00 Å². The Morgan fingerprint density at radius 2 is 2.03 bits per heavy atom. The number of esters is 1. The molecule has 0 aliphatic heterocycles. The molecular formula is C20H18Cl2N2O3S3. The molecule has 5 nitrogen and oxygen atoms in total. The summed E-state index contributed by atoms with van der Waals surface area (Å²) in [5.41, 5.74) is 2.77. The summed E-state index contributed by atoms with van der Waals surface area (Å²) in [6.07, 6.45) is 0. The number of hydrogen-bond acceptors (Lipinski definition) is 7. The van der Waals surface area contributed by atoms with Gasteiger partial charge in [-0.25, -0.2) is 9.78 Å². The van der Waals surface area contributed by atoms with Crippen molar-refractivity contribution >= 4 is 74.5 Å². The number of nitrogens with zero attached hydrogens (tertiary/aromatic N) is 1. The quantitative estimate of drug-likeness (QED) is 0.288. The molecule has 10 heteroatoms. The second kappa shape index (κ2) is 10.2. The highest BCUT2D eigenvalue weighted by Crippen LogP contribution is 2.35. The summed E-state index contributed by atoms with van der Waals surface area (Å²) >= 11 is 16.3. The number of carbonyl (C=O) groups excluding carboxylic acids is 2. The van der Waals surface area contributed by atoms with Crippen molar-refractivity contribution in [3.8, 4) is 11.3 Å². The summed E-state index contributed by atoms with van der Waals surface area (Å²) in [4.78, 5) is 30.2. The van der Waals surface area contributed by atoms with Gasteiger partial charge in [0.1, 0.15) is 5.00 Å². The molecule has 0 saturated carbocycles. The molecule has 158 valence electrons. The third-order valence-corrected chi connectivity index (χ3v) is 7.83. The maximum atomic E-state index is 12.5. The molecule has 0 radical (unpaired) electrons. The van der Waals surface area contributed by atoms with Crippen LogP contribution in [0.2, 0.25) is 10.0 Å². The van der Waals surface area contributed by atoms with E-state index in [1.807, 2.05) is 25.3 Å². The lowest BCUT2D eigenvalue weighted by molar-refractivity contribution is -0.113. The summed E-state index contributed by atoms with van der Waals surface area (Å²) in [5, 5.41) is 6.33. The Hall–Kier alpha value is -1.58. The van der Waals surface area contributed by atoms with Crippen LogP contribution < -0.4 is 5.32 Å². The van der Waals surface area contributed by atoms with Crippen LogP contribution in [-0.4, -0.2) is 29.2 Å². The Labute approximate surface area is 196 Å². The Kier molecular flexibility index (Phi) is 7.81. The number of thiazole rings is 1. The van der Waals surface area contributed by atoms with Crippen molar-refractivity contribution in [3.05, 3.63) is 49.6 Å². The first-order chi connectivity index (χ1) is 14.3. The van der Waals surface area contributed by atoms with Crippen molar-refractivity contribution in [2.75, 3.05) is 17.7 Å². The predicted octanol–water partition coefficient (Wildman–Crippen LogP) is 6.70. The van der Waals surface area contributed by atoms with Crippen LogP contribution in [-0.2, 0) is 9.53 Å². The Morgan fingerprint density at radius 1 is 1.27 bits per heavy atom. The first-order valence-electron chi connectivity index (χ1n) is 8.90. The van der Waals surface area contributed by atoms with E-state index >= 15 is 0 Å². The number of nitrogens with one attached hydrogen (secondary N) is 1. The fourth-order valence-corrected chi connectivity index (χ4v) is 5.79. The van der Waals surface area contributed by atoms with E-state index in [-0.39, 0.29) is 18.3 Å². The normalized spacial score (nSPS) is 10.8. The molecule has 0 saturated heterocycles. The lowest BCUT2D eigenvalue weighted by Crippen LogP contribution is -2.16. The topological polar surface area (TPSA) is 68.3 Å². The van der Waals surface area contributed by atoms with Gasteiger partial charge in [-0.15, -0.1) is 22.7 Å². The van der Waals surface area contributed by atoms with E-state index in [1.54, 1.807) is 19.1 Å². The van der Waals surface area contributed by atoms with Gasteiger partial charge in [0, 0.05) is 20.8 Å². The monoisotopic (exact) mass is 500 g/mol. The number of rotatable bonds is 7. The number of thioether (sulfide) groups is 1. The molecule has 1 aromatic carbocycles. The molecule has 30 heavy (non-hydrogen) atoms. The molecule has 2 heterocycles. The van der Waals surface area contributed by atoms with Crippen molar-refractivity contribution in [1.29, 1.82) is 0 Å². The van der Waals surface area contributed by atoms with Gasteiger partial charge in [-0.2, -0.15) is 0 Å². The molecule has 0 aliphatic carbocycles. The number of halogens is 2. The third-order valence-electron chi connectivity index (χ3n) is 4.13. The van der Waals surface area contributed by atoms with Gasteiger partial charge in [0.15, 0.2) is 4.34 Å². The molecule has 0 unspecified atom stereocenters. The zero-order chi connectivity index (χ0) is 21.8. The molecule has 0 spiro atoms. The highest BCUT2D eigenvalue weighted by molar-refractivity contribution is 8.01. The maximum absolute atomic E-state index is 12.5. The summed E-state index contributed by atoms with van der Waals surface area (Å²) in [5.74, 6) is -0.473. The van der Waals surface area contributed by atoms with Crippen molar-refractivity contribution in [3.63, 3.8) is 0 Å². The van der Waals surface area contributed by atoms with E-state index in [0.29, 0.717) is 20.6 Å². The zero-order valence-electron chi connectivity index (χ0n) is 16.4. The second-order valence-corrected chi connectivity index (χ2v) is 10.3. The molecule has 1 N–H and O–H groups in total. The largest absolute Gasteiger partial charge is 0.462 e. The second-order valence-electron chi connectivity index (χ2n) is 6.17. The maximum Gasteiger partial charge on any atom is 0.341 e. The Morgan fingerprint density at radius 3 is 2.73 bits per heavy atom. The van der Waals surface area contributed by atoms with Crippen LogP contribution in [0.3, 0.4) is 0 Å². The number of thiophene rings is 1. The summed E-state index contributed by atoms with van der Waals surface area (Å²) in [6.45, 7) is 5.79. The Balaban J connectivity index is 1.65. The number of hydrogen-bond donors (Lipinski definition) is 1. The SMILES string of the molecule is CCOC(=O)c1c(NC(=O)CSc2nc(-c3ccc(Cl)cc3Cl)cs2)sc(C)c1C. The fourth-order valence-electron chi connectivity index (χ4n) is 2.60. The molecule has 2 aromatic heterocycles. The molecule has 0 atom stereocenters. The number of benzene rings is 1. The number of carbonyl (C=O) groups is 2. The number of ether oxygens (including phenoxy) is 1. The van der Waals surface area contributed by atoms with Crippen molar-refractivity contribution in [1.82, 2.24) is 4.98 Å². The Bertz CT molecular complexity index is 1100. The van der Waals surface area contributed by atoms with E-state index in [0.717, 1.165) is 26.0 Å². The van der Waals surface area contributed by atoms with Crippen LogP contribution in [0.15, 0.2) is 27.9 Å². The smallest absolute Gasteiger partial charge is 0.341 e. The lowest BCUT2D eigenvalue weighted by Gasteiger charge is -2.06.